The Morgan fingerprint density at radius 1 is 0.950 bits per heavy atom. The van der Waals surface area contributed by atoms with Crippen LogP contribution in [-0.2, 0) is 31.9 Å². The number of unbranched alkanes of at least 4 members (excludes halogenated alkanes) is 8. The van der Waals surface area contributed by atoms with Crippen molar-refractivity contribution in [2.75, 3.05) is 6.61 Å². The van der Waals surface area contributed by atoms with Gasteiger partial charge in [-0.3, -0.25) is 0 Å². The molecule has 0 amide bonds. The van der Waals surface area contributed by atoms with Crippen LogP contribution in [-0.4, -0.2) is 18.8 Å². The Morgan fingerprint density at radius 3 is 1.85 bits per heavy atom. The van der Waals surface area contributed by atoms with E-state index in [0.717, 1.165) is 44.9 Å². The average Bonchev–Trinajstić information content (AvgIpc) is 2.34. The fraction of sp³-hybridized carbons (Fsp3) is 0.786. The fourth-order valence-corrected chi connectivity index (χ4v) is 1.62. The van der Waals surface area contributed by atoms with Gasteiger partial charge >= 0.3 is 34.5 Å². The topological polar surface area (TPSA) is 26.3 Å². The zero-order chi connectivity index (χ0) is 14.6. The molecule has 0 atom stereocenters. The molecule has 0 aliphatic rings. The van der Waals surface area contributed by atoms with E-state index in [1.165, 1.54) is 0 Å². The molecular weight excluding hydrogens is 365 g/mol. The van der Waals surface area contributed by atoms with E-state index >= 15 is 0 Å². The molecule has 120 valence electrons. The normalized spacial score (nSPS) is 10.5. The summed E-state index contributed by atoms with van der Waals surface area (Å²) in [5.74, 6) is 0.240. The predicted octanol–water partition coefficient (Wildman–Crippen LogP) is 4.19. The van der Waals surface area contributed by atoms with Crippen molar-refractivity contribution in [2.45, 2.75) is 64.0 Å². The van der Waals surface area contributed by atoms with E-state index in [1.54, 1.807) is 0 Å². The molecule has 0 aromatic rings. The molecule has 0 aliphatic heterocycles. The van der Waals surface area contributed by atoms with Gasteiger partial charge in [-0.1, -0.05) is 38.5 Å². The minimum atomic E-state index is -4.88. The minimum Gasteiger partial charge on any atom is -0.694 e. The summed E-state index contributed by atoms with van der Waals surface area (Å²) in [4.78, 5) is 10.4. The molecule has 0 radical (unpaired) electrons. The Labute approximate surface area is 134 Å². The maximum absolute atomic E-state index is 11.8. The monoisotopic (exact) mass is 384 g/mol. The first-order chi connectivity index (χ1) is 8.98. The number of rotatable bonds is 10. The summed E-state index contributed by atoms with van der Waals surface area (Å²) in [6, 6.07) is 0. The Kier molecular flexibility index (Phi) is 14.8. The number of hydrogen-bond donors (Lipinski definition) is 0. The third-order valence-corrected chi connectivity index (χ3v) is 2.66. The van der Waals surface area contributed by atoms with Gasteiger partial charge < -0.3 is 17.1 Å². The molecule has 0 saturated heterocycles. The summed E-state index contributed by atoms with van der Waals surface area (Å²) in [6.07, 6.45) is 10.1. The van der Waals surface area contributed by atoms with Crippen LogP contribution in [0.2, 0.25) is 0 Å². The maximum atomic E-state index is 11.8. The van der Waals surface area contributed by atoms with Crippen molar-refractivity contribution in [1.29, 1.82) is 0 Å². The quantitative estimate of drug-likeness (QED) is 0.185. The van der Waals surface area contributed by atoms with Crippen LogP contribution in [0.25, 0.3) is 0 Å². The second kappa shape index (κ2) is 13.5. The van der Waals surface area contributed by atoms with Gasteiger partial charge in [-0.15, -0.1) is 0 Å². The molecule has 0 fully saturated rings. The van der Waals surface area contributed by atoms with Crippen molar-refractivity contribution in [1.82, 2.24) is 0 Å². The van der Waals surface area contributed by atoms with Gasteiger partial charge in [0.15, 0.2) is 0 Å². The molecule has 0 bridgehead atoms. The number of alkyl halides is 3. The maximum Gasteiger partial charge on any atom is 1.00 e. The van der Waals surface area contributed by atoms with Gasteiger partial charge in [-0.25, -0.2) is 4.79 Å². The first kappa shape index (κ1) is 21.9. The van der Waals surface area contributed by atoms with Gasteiger partial charge in [-0.2, -0.15) is 13.2 Å². The number of ether oxygens (including phenoxy) is 1. The van der Waals surface area contributed by atoms with Crippen molar-refractivity contribution < 1.29 is 45.1 Å². The van der Waals surface area contributed by atoms with Gasteiger partial charge in [0.1, 0.15) is 0 Å². The van der Waals surface area contributed by atoms with Crippen molar-refractivity contribution in [3.63, 3.8) is 0 Å². The number of hydrogen-bond acceptors (Lipinski definition) is 2. The first-order valence-electron chi connectivity index (χ1n) is 6.62. The number of halogens is 3. The summed E-state index contributed by atoms with van der Waals surface area (Å²) in [5, 5.41) is 0. The van der Waals surface area contributed by atoms with E-state index in [4.69, 9.17) is 6.42 Å². The van der Waals surface area contributed by atoms with E-state index in [-0.39, 0.29) is 29.0 Å². The van der Waals surface area contributed by atoms with E-state index in [0.29, 0.717) is 12.8 Å². The largest absolute Gasteiger partial charge is 1.00 e. The molecule has 0 heterocycles. The van der Waals surface area contributed by atoms with Crippen molar-refractivity contribution in [3.05, 3.63) is 6.42 Å². The number of esters is 1. The second-order valence-electron chi connectivity index (χ2n) is 4.39. The molecule has 0 rings (SSSR count). The number of carbonyl (C=O) groups is 1. The Morgan fingerprint density at radius 2 is 1.40 bits per heavy atom. The Bertz CT molecular complexity index is 285. The standard InChI is InChI=1S/C14H20F3O2.Ag/c1-2-3-4-5-6-7-8-9-10-11-12-19-13(18)14(15,16)17;/h3-12H2;/q-1;+1. The molecule has 0 N–H and O–H groups in total. The van der Waals surface area contributed by atoms with Crippen LogP contribution < -0.4 is 0 Å². The van der Waals surface area contributed by atoms with Crippen molar-refractivity contribution in [2.24, 2.45) is 0 Å². The zero-order valence-corrected chi connectivity index (χ0v) is 12.8. The molecule has 2 nitrogen and oxygen atoms in total. The van der Waals surface area contributed by atoms with Crippen LogP contribution in [0.3, 0.4) is 0 Å². The summed E-state index contributed by atoms with van der Waals surface area (Å²) in [7, 11) is 0. The first-order valence-corrected chi connectivity index (χ1v) is 6.62. The van der Waals surface area contributed by atoms with Gasteiger partial charge in [-0.05, 0) is 19.3 Å². The van der Waals surface area contributed by atoms with Gasteiger partial charge in [0.05, 0.1) is 6.61 Å². The van der Waals surface area contributed by atoms with Gasteiger partial charge in [0, 0.05) is 0 Å². The number of carbonyl (C=O) groups excluding carboxylic acids is 1. The molecule has 0 unspecified atom stereocenters. The Hall–Kier alpha value is -0.440. The van der Waals surface area contributed by atoms with E-state index in [9.17, 15) is 18.0 Å². The summed E-state index contributed by atoms with van der Waals surface area (Å²) in [6.45, 7) is -0.159. The van der Waals surface area contributed by atoms with Crippen molar-refractivity contribution in [3.8, 4) is 5.92 Å². The zero-order valence-electron chi connectivity index (χ0n) is 11.3. The molecular formula is C14H20AgF3O2. The van der Waals surface area contributed by atoms with Crippen molar-refractivity contribution >= 4 is 5.97 Å². The fourth-order valence-electron chi connectivity index (χ4n) is 1.62. The SMILES string of the molecule is [Ag+].[C-]#CCCCCCCCCCCOC(=O)C(F)(F)F. The smallest absolute Gasteiger partial charge is 0.694 e. The van der Waals surface area contributed by atoms with Crippen LogP contribution in [0, 0.1) is 12.3 Å². The van der Waals surface area contributed by atoms with Crippen LogP contribution in [0.1, 0.15) is 57.8 Å². The summed E-state index contributed by atoms with van der Waals surface area (Å²) in [5.41, 5.74) is 0. The molecule has 6 heteroatoms. The Balaban J connectivity index is 0. The van der Waals surface area contributed by atoms with Gasteiger partial charge in [0.25, 0.3) is 0 Å². The summed E-state index contributed by atoms with van der Waals surface area (Å²) >= 11 is 0. The van der Waals surface area contributed by atoms with E-state index < -0.39 is 12.1 Å². The van der Waals surface area contributed by atoms with E-state index in [1.807, 2.05) is 0 Å². The molecule has 0 aliphatic carbocycles. The average molecular weight is 385 g/mol. The molecule has 0 aromatic carbocycles. The molecule has 0 aromatic heterocycles. The second-order valence-corrected chi connectivity index (χ2v) is 4.39. The third-order valence-electron chi connectivity index (χ3n) is 2.66. The van der Waals surface area contributed by atoms with Crippen LogP contribution >= 0.6 is 0 Å². The molecule has 0 saturated carbocycles. The molecule has 20 heavy (non-hydrogen) atoms. The minimum absolute atomic E-state index is 0. The van der Waals surface area contributed by atoms with E-state index in [2.05, 4.69) is 10.7 Å². The molecule has 0 spiro atoms. The predicted molar refractivity (Wildman–Crippen MR) is 65.7 cm³/mol. The van der Waals surface area contributed by atoms with Crippen LogP contribution in [0.4, 0.5) is 13.2 Å². The third kappa shape index (κ3) is 14.0. The van der Waals surface area contributed by atoms with Crippen LogP contribution in [0.15, 0.2) is 0 Å². The van der Waals surface area contributed by atoms with Crippen LogP contribution in [0.5, 0.6) is 0 Å². The summed E-state index contributed by atoms with van der Waals surface area (Å²) < 4.78 is 39.4. The van der Waals surface area contributed by atoms with Gasteiger partial charge in [0.2, 0.25) is 0 Å².